The Morgan fingerprint density at radius 1 is 1.33 bits per heavy atom. The maximum atomic E-state index is 12.8. The van der Waals surface area contributed by atoms with Crippen LogP contribution in [0.2, 0.25) is 0 Å². The van der Waals surface area contributed by atoms with E-state index in [0.717, 1.165) is 28.4 Å². The lowest BCUT2D eigenvalue weighted by Gasteiger charge is -2.26. The standard InChI is InChI=1S/C19H18N2O4S2/c1-10(2)16(18(23)24)21-17(22)15(27-19(21)26)9-12-5-4-11-8-13(25-3)6-7-14(11)20-12/h4-10,16H,1-3H3,(H,23,24)/b15-9-/t16-/m0/s1. The first kappa shape index (κ1) is 19.3. The molecule has 6 nitrogen and oxygen atoms in total. The fourth-order valence-corrected chi connectivity index (χ4v) is 4.19. The molecular formula is C19H18N2O4S2. The second kappa shape index (κ2) is 7.66. The van der Waals surface area contributed by atoms with Gasteiger partial charge in [-0.15, -0.1) is 0 Å². The van der Waals surface area contributed by atoms with Crippen molar-refractivity contribution >= 4 is 57.2 Å². The van der Waals surface area contributed by atoms with Gasteiger partial charge in [-0.05, 0) is 36.3 Å². The van der Waals surface area contributed by atoms with E-state index in [4.69, 9.17) is 17.0 Å². The van der Waals surface area contributed by atoms with Crippen molar-refractivity contribution in [3.05, 3.63) is 40.9 Å². The first-order valence-electron chi connectivity index (χ1n) is 8.26. The quantitative estimate of drug-likeness (QED) is 0.605. The van der Waals surface area contributed by atoms with Crippen LogP contribution in [0.4, 0.5) is 0 Å². The summed E-state index contributed by atoms with van der Waals surface area (Å²) in [6, 6.07) is 8.25. The number of aliphatic carboxylic acids is 1. The molecule has 0 bridgehead atoms. The predicted molar refractivity (Wildman–Crippen MR) is 110 cm³/mol. The molecule has 1 aromatic carbocycles. The number of fused-ring (bicyclic) bond motifs is 1. The average Bonchev–Trinajstić information content (AvgIpc) is 2.88. The Labute approximate surface area is 166 Å². The zero-order valence-electron chi connectivity index (χ0n) is 15.0. The molecule has 2 aromatic rings. The van der Waals surface area contributed by atoms with Gasteiger partial charge >= 0.3 is 5.97 Å². The Hall–Kier alpha value is -2.45. The minimum absolute atomic E-state index is 0.248. The Kier molecular flexibility index (Phi) is 5.48. The van der Waals surface area contributed by atoms with Gasteiger partial charge in [0.1, 0.15) is 16.1 Å². The van der Waals surface area contributed by atoms with Crippen molar-refractivity contribution in [2.24, 2.45) is 5.92 Å². The highest BCUT2D eigenvalue weighted by Gasteiger charge is 2.41. The van der Waals surface area contributed by atoms with Crippen LogP contribution in [0.3, 0.4) is 0 Å². The summed E-state index contributed by atoms with van der Waals surface area (Å²) in [4.78, 5) is 30.4. The summed E-state index contributed by atoms with van der Waals surface area (Å²) in [5.41, 5.74) is 1.37. The largest absolute Gasteiger partial charge is 0.497 e. The Balaban J connectivity index is 1.93. The third-order valence-corrected chi connectivity index (χ3v) is 5.51. The third kappa shape index (κ3) is 3.81. The number of thioether (sulfide) groups is 1. The molecule has 1 saturated heterocycles. The number of benzene rings is 1. The van der Waals surface area contributed by atoms with Gasteiger partial charge in [0.2, 0.25) is 0 Å². The molecule has 1 aliphatic heterocycles. The van der Waals surface area contributed by atoms with Crippen molar-refractivity contribution in [1.29, 1.82) is 0 Å². The highest BCUT2D eigenvalue weighted by molar-refractivity contribution is 8.26. The molecule has 0 saturated carbocycles. The summed E-state index contributed by atoms with van der Waals surface area (Å²) in [5, 5.41) is 10.4. The van der Waals surface area contributed by atoms with Gasteiger partial charge in [0.15, 0.2) is 0 Å². The first-order valence-corrected chi connectivity index (χ1v) is 9.49. The van der Waals surface area contributed by atoms with Gasteiger partial charge in [-0.25, -0.2) is 9.78 Å². The minimum atomic E-state index is -1.07. The van der Waals surface area contributed by atoms with Crippen molar-refractivity contribution in [2.75, 3.05) is 7.11 Å². The Morgan fingerprint density at radius 2 is 2.07 bits per heavy atom. The number of hydrogen-bond acceptors (Lipinski definition) is 6. The molecule has 1 fully saturated rings. The van der Waals surface area contributed by atoms with E-state index < -0.39 is 17.9 Å². The third-order valence-electron chi connectivity index (χ3n) is 4.18. The van der Waals surface area contributed by atoms with Gasteiger partial charge in [0.05, 0.1) is 23.2 Å². The van der Waals surface area contributed by atoms with E-state index in [1.165, 1.54) is 4.90 Å². The van der Waals surface area contributed by atoms with Crippen LogP contribution in [0.15, 0.2) is 35.2 Å². The van der Waals surface area contributed by atoms with Gasteiger partial charge in [-0.2, -0.15) is 0 Å². The van der Waals surface area contributed by atoms with Crippen LogP contribution in [-0.2, 0) is 9.59 Å². The number of carboxylic acids is 1. The van der Waals surface area contributed by atoms with Gasteiger partial charge < -0.3 is 9.84 Å². The molecule has 3 rings (SSSR count). The SMILES string of the molecule is COc1ccc2nc(/C=C3\SC(=S)N([C@H](C(=O)O)C(C)C)C3=O)ccc2c1. The number of amides is 1. The van der Waals surface area contributed by atoms with Gasteiger partial charge in [0.25, 0.3) is 5.91 Å². The smallest absolute Gasteiger partial charge is 0.327 e. The normalized spacial score (nSPS) is 17.2. The van der Waals surface area contributed by atoms with Crippen LogP contribution in [0, 0.1) is 5.92 Å². The molecule has 1 amide bonds. The zero-order valence-corrected chi connectivity index (χ0v) is 16.6. The summed E-state index contributed by atoms with van der Waals surface area (Å²) >= 11 is 6.36. The number of aromatic nitrogens is 1. The lowest BCUT2D eigenvalue weighted by Crippen LogP contribution is -2.47. The number of pyridine rings is 1. The van der Waals surface area contributed by atoms with E-state index >= 15 is 0 Å². The molecule has 1 aromatic heterocycles. The topological polar surface area (TPSA) is 79.7 Å². The number of ether oxygens (including phenoxy) is 1. The second-order valence-electron chi connectivity index (χ2n) is 6.37. The molecule has 8 heteroatoms. The number of nitrogens with zero attached hydrogens (tertiary/aromatic N) is 2. The minimum Gasteiger partial charge on any atom is -0.497 e. The van der Waals surface area contributed by atoms with Crippen LogP contribution in [-0.4, -0.2) is 44.3 Å². The van der Waals surface area contributed by atoms with Gasteiger partial charge in [-0.3, -0.25) is 9.69 Å². The van der Waals surface area contributed by atoms with E-state index in [-0.39, 0.29) is 10.2 Å². The van der Waals surface area contributed by atoms with Crippen molar-refractivity contribution in [3.8, 4) is 5.75 Å². The van der Waals surface area contributed by atoms with E-state index in [0.29, 0.717) is 10.6 Å². The van der Waals surface area contributed by atoms with Crippen molar-refractivity contribution in [2.45, 2.75) is 19.9 Å². The van der Waals surface area contributed by atoms with Crippen LogP contribution in [0.1, 0.15) is 19.5 Å². The van der Waals surface area contributed by atoms with Crippen molar-refractivity contribution in [3.63, 3.8) is 0 Å². The predicted octanol–water partition coefficient (Wildman–Crippen LogP) is 3.55. The summed E-state index contributed by atoms with van der Waals surface area (Å²) < 4.78 is 5.45. The van der Waals surface area contributed by atoms with Crippen molar-refractivity contribution in [1.82, 2.24) is 9.88 Å². The van der Waals surface area contributed by atoms with E-state index in [1.54, 1.807) is 33.1 Å². The molecule has 1 aliphatic rings. The molecule has 0 spiro atoms. The maximum absolute atomic E-state index is 12.8. The maximum Gasteiger partial charge on any atom is 0.327 e. The lowest BCUT2D eigenvalue weighted by atomic mass is 10.0. The molecule has 27 heavy (non-hydrogen) atoms. The summed E-state index contributed by atoms with van der Waals surface area (Å²) in [6.07, 6.45) is 1.64. The van der Waals surface area contributed by atoms with Gasteiger partial charge in [0, 0.05) is 5.39 Å². The summed E-state index contributed by atoms with van der Waals surface area (Å²) in [5.74, 6) is -0.993. The van der Waals surface area contributed by atoms with Crippen LogP contribution in [0.25, 0.3) is 17.0 Å². The van der Waals surface area contributed by atoms with Gasteiger partial charge in [-0.1, -0.05) is 43.9 Å². The van der Waals surface area contributed by atoms with E-state index in [9.17, 15) is 14.7 Å². The molecule has 1 N–H and O–H groups in total. The zero-order chi connectivity index (χ0) is 19.7. The highest BCUT2D eigenvalue weighted by atomic mass is 32.2. The first-order chi connectivity index (χ1) is 12.8. The molecular weight excluding hydrogens is 384 g/mol. The average molecular weight is 402 g/mol. The number of methoxy groups -OCH3 is 1. The number of carbonyl (C=O) groups is 2. The van der Waals surface area contributed by atoms with Crippen LogP contribution in [0.5, 0.6) is 5.75 Å². The monoisotopic (exact) mass is 402 g/mol. The summed E-state index contributed by atoms with van der Waals surface area (Å²) in [6.45, 7) is 3.50. The van der Waals surface area contributed by atoms with E-state index in [2.05, 4.69) is 4.98 Å². The molecule has 0 aliphatic carbocycles. The number of carbonyl (C=O) groups excluding carboxylic acids is 1. The summed E-state index contributed by atoms with van der Waals surface area (Å²) in [7, 11) is 1.60. The number of thiocarbonyl (C=S) groups is 1. The second-order valence-corrected chi connectivity index (χ2v) is 8.05. The molecule has 0 unspecified atom stereocenters. The van der Waals surface area contributed by atoms with Crippen LogP contribution < -0.4 is 4.74 Å². The molecule has 2 heterocycles. The number of carboxylic acid groups (broad SMARTS) is 1. The molecule has 0 radical (unpaired) electrons. The number of hydrogen-bond donors (Lipinski definition) is 1. The fourth-order valence-electron chi connectivity index (χ4n) is 2.87. The van der Waals surface area contributed by atoms with Crippen LogP contribution >= 0.6 is 24.0 Å². The molecule has 1 atom stereocenters. The Morgan fingerprint density at radius 3 is 2.70 bits per heavy atom. The number of rotatable bonds is 5. The Bertz CT molecular complexity index is 971. The van der Waals surface area contributed by atoms with Crippen molar-refractivity contribution < 1.29 is 19.4 Å². The molecule has 140 valence electrons. The highest BCUT2D eigenvalue weighted by Crippen LogP contribution is 2.35. The van der Waals surface area contributed by atoms with E-state index in [1.807, 2.05) is 24.3 Å². The lowest BCUT2D eigenvalue weighted by molar-refractivity contribution is -0.146. The fraction of sp³-hybridized carbons (Fsp3) is 0.263.